The van der Waals surface area contributed by atoms with E-state index in [1.165, 1.54) is 12.5 Å². The Morgan fingerprint density at radius 1 is 1.21 bits per heavy atom. The van der Waals surface area contributed by atoms with Gasteiger partial charge in [-0.3, -0.25) is 0 Å². The average molecular weight is 226 g/mol. The summed E-state index contributed by atoms with van der Waals surface area (Å²) in [7, 11) is -3.11. The molecule has 0 aromatic carbocycles. The zero-order chi connectivity index (χ0) is 11.0. The van der Waals surface area contributed by atoms with Crippen LogP contribution in [-0.4, -0.2) is 21.0 Å². The van der Waals surface area contributed by atoms with Gasteiger partial charge in [0, 0.05) is 0 Å². The van der Waals surface area contributed by atoms with Crippen LogP contribution in [0.5, 0.6) is 0 Å². The summed E-state index contributed by atoms with van der Waals surface area (Å²) in [6, 6.07) is 1.34. The standard InChI is InChI=1S/C11H22OSi2/c1-7-14(8-2)12-11(3,4)9-10-13(14,5)6/h7-8H,1-2,9-10H2,3-6H3. The monoisotopic (exact) mass is 226 g/mol. The minimum Gasteiger partial charge on any atom is -0.407 e. The van der Waals surface area contributed by atoms with Crippen LogP contribution in [0.25, 0.3) is 0 Å². The fourth-order valence-corrected chi connectivity index (χ4v) is 13.0. The van der Waals surface area contributed by atoms with Crippen LogP contribution in [0.3, 0.4) is 0 Å². The molecule has 0 aromatic heterocycles. The van der Waals surface area contributed by atoms with Crippen LogP contribution in [-0.2, 0) is 4.43 Å². The Balaban J connectivity index is 3.08. The maximum atomic E-state index is 6.34. The number of hydrogen-bond donors (Lipinski definition) is 0. The molecule has 0 aromatic rings. The van der Waals surface area contributed by atoms with E-state index in [4.69, 9.17) is 4.43 Å². The van der Waals surface area contributed by atoms with Gasteiger partial charge in [0.05, 0.1) is 13.2 Å². The molecule has 0 N–H and O–H groups in total. The Hall–Kier alpha value is -0.126. The summed E-state index contributed by atoms with van der Waals surface area (Å²) < 4.78 is 6.34. The first-order valence-electron chi connectivity index (χ1n) is 5.26. The zero-order valence-corrected chi connectivity index (χ0v) is 11.9. The summed E-state index contributed by atoms with van der Waals surface area (Å²) in [6.07, 6.45) is 1.18. The maximum Gasteiger partial charge on any atom is 0.225 e. The predicted molar refractivity (Wildman–Crippen MR) is 68.2 cm³/mol. The summed E-state index contributed by atoms with van der Waals surface area (Å²) in [5, 5.41) is 0. The van der Waals surface area contributed by atoms with Gasteiger partial charge in [0.25, 0.3) is 0 Å². The molecule has 0 bridgehead atoms. The summed E-state index contributed by atoms with van der Waals surface area (Å²) in [4.78, 5) is 0. The van der Waals surface area contributed by atoms with Crippen LogP contribution in [0.2, 0.25) is 19.1 Å². The average Bonchev–Trinajstić information content (AvgIpc) is 2.10. The van der Waals surface area contributed by atoms with Crippen molar-refractivity contribution in [2.24, 2.45) is 0 Å². The van der Waals surface area contributed by atoms with Crippen LogP contribution >= 0.6 is 0 Å². The highest BCUT2D eigenvalue weighted by Crippen LogP contribution is 2.39. The molecule has 0 unspecified atom stereocenters. The van der Waals surface area contributed by atoms with E-state index in [1.54, 1.807) is 0 Å². The SMILES string of the molecule is C=C[Si]1(C=C)OC(C)(C)CC[Si]1(C)C. The smallest absolute Gasteiger partial charge is 0.225 e. The Morgan fingerprint density at radius 2 is 1.71 bits per heavy atom. The molecule has 14 heavy (non-hydrogen) atoms. The van der Waals surface area contributed by atoms with Gasteiger partial charge in [-0.25, -0.2) is 0 Å². The molecule has 0 amide bonds. The van der Waals surface area contributed by atoms with Crippen LogP contribution in [0.1, 0.15) is 20.3 Å². The highest BCUT2D eigenvalue weighted by molar-refractivity contribution is 7.43. The molecule has 1 aliphatic heterocycles. The molecule has 1 aliphatic rings. The van der Waals surface area contributed by atoms with Crippen molar-refractivity contribution in [3.05, 3.63) is 24.6 Å². The van der Waals surface area contributed by atoms with Gasteiger partial charge >= 0.3 is 0 Å². The van der Waals surface area contributed by atoms with E-state index in [-0.39, 0.29) is 5.60 Å². The van der Waals surface area contributed by atoms with Gasteiger partial charge in [-0.05, 0) is 20.3 Å². The largest absolute Gasteiger partial charge is 0.407 e. The maximum absolute atomic E-state index is 6.34. The Morgan fingerprint density at radius 3 is 2.07 bits per heavy atom. The first-order chi connectivity index (χ1) is 6.29. The first-order valence-corrected chi connectivity index (χ1v) is 11.5. The second-order valence-electron chi connectivity index (χ2n) is 5.45. The molecule has 1 nitrogen and oxygen atoms in total. The third-order valence-corrected chi connectivity index (χ3v) is 17.8. The summed E-state index contributed by atoms with van der Waals surface area (Å²) in [5.41, 5.74) is 4.21. The predicted octanol–water partition coefficient (Wildman–Crippen LogP) is 3.37. The van der Waals surface area contributed by atoms with E-state index in [2.05, 4.69) is 51.5 Å². The lowest BCUT2D eigenvalue weighted by molar-refractivity contribution is 0.0969. The Kier molecular flexibility index (Phi) is 2.96. The van der Waals surface area contributed by atoms with Crippen molar-refractivity contribution in [3.8, 4) is 0 Å². The van der Waals surface area contributed by atoms with Crippen molar-refractivity contribution in [3.63, 3.8) is 0 Å². The van der Waals surface area contributed by atoms with Gasteiger partial charge < -0.3 is 4.43 Å². The lowest BCUT2D eigenvalue weighted by Gasteiger charge is -2.49. The quantitative estimate of drug-likeness (QED) is 0.656. The van der Waals surface area contributed by atoms with Gasteiger partial charge in [0.15, 0.2) is 0 Å². The van der Waals surface area contributed by atoms with E-state index >= 15 is 0 Å². The number of rotatable bonds is 2. The minimum absolute atomic E-state index is 0.0249. The summed E-state index contributed by atoms with van der Waals surface area (Å²) >= 11 is 0. The molecule has 1 fully saturated rings. The molecule has 1 heterocycles. The highest BCUT2D eigenvalue weighted by atomic mass is 29.3. The van der Waals surface area contributed by atoms with E-state index in [1.807, 2.05) is 0 Å². The summed E-state index contributed by atoms with van der Waals surface area (Å²) in [5.74, 6) is 0. The fourth-order valence-electron chi connectivity index (χ4n) is 2.17. The molecule has 3 heteroatoms. The molecule has 80 valence electrons. The molecule has 0 spiro atoms. The fraction of sp³-hybridized carbons (Fsp3) is 0.636. The van der Waals surface area contributed by atoms with Gasteiger partial charge in [0.1, 0.15) is 0 Å². The van der Waals surface area contributed by atoms with Crippen molar-refractivity contribution >= 4 is 15.4 Å². The number of hydrogen-bond acceptors (Lipinski definition) is 1. The topological polar surface area (TPSA) is 9.23 Å². The van der Waals surface area contributed by atoms with Gasteiger partial charge in [-0.2, -0.15) is 0 Å². The van der Waals surface area contributed by atoms with Crippen LogP contribution < -0.4 is 0 Å². The van der Waals surface area contributed by atoms with Crippen molar-refractivity contribution in [1.29, 1.82) is 0 Å². The molecule has 1 rings (SSSR count). The minimum atomic E-state index is -1.83. The highest BCUT2D eigenvalue weighted by Gasteiger charge is 2.52. The van der Waals surface area contributed by atoms with Crippen molar-refractivity contribution < 1.29 is 4.43 Å². The van der Waals surface area contributed by atoms with Gasteiger partial charge in [-0.15, -0.1) is 13.2 Å². The van der Waals surface area contributed by atoms with Gasteiger partial charge in [-0.1, -0.05) is 30.5 Å². The lowest BCUT2D eigenvalue weighted by Crippen LogP contribution is -2.65. The zero-order valence-electron chi connectivity index (χ0n) is 9.89. The normalized spacial score (nSPS) is 28.0. The first kappa shape index (κ1) is 11.9. The summed E-state index contributed by atoms with van der Waals surface area (Å²) in [6.45, 7) is 17.2. The molecule has 0 atom stereocenters. The second kappa shape index (κ2) is 3.47. The van der Waals surface area contributed by atoms with E-state index in [0.29, 0.717) is 0 Å². The van der Waals surface area contributed by atoms with Crippen molar-refractivity contribution in [2.75, 3.05) is 0 Å². The lowest BCUT2D eigenvalue weighted by atomic mass is 10.1. The third kappa shape index (κ3) is 1.81. The van der Waals surface area contributed by atoms with Crippen LogP contribution in [0, 0.1) is 0 Å². The molecular formula is C11H22OSi2. The van der Waals surface area contributed by atoms with Crippen LogP contribution in [0.15, 0.2) is 24.6 Å². The van der Waals surface area contributed by atoms with E-state index in [9.17, 15) is 0 Å². The van der Waals surface area contributed by atoms with Crippen molar-refractivity contribution in [1.82, 2.24) is 0 Å². The Bertz CT molecular complexity index is 248. The van der Waals surface area contributed by atoms with E-state index in [0.717, 1.165) is 0 Å². The molecule has 0 radical (unpaired) electrons. The van der Waals surface area contributed by atoms with Gasteiger partial charge in [0.2, 0.25) is 7.83 Å². The third-order valence-electron chi connectivity index (χ3n) is 3.46. The van der Waals surface area contributed by atoms with Crippen molar-refractivity contribution in [2.45, 2.75) is 45.0 Å². The molecular weight excluding hydrogens is 204 g/mol. The van der Waals surface area contributed by atoms with Crippen LogP contribution in [0.4, 0.5) is 0 Å². The van der Waals surface area contributed by atoms with E-state index < -0.39 is 15.4 Å². The Labute approximate surface area is 89.8 Å². The molecule has 0 aliphatic carbocycles. The second-order valence-corrected chi connectivity index (χ2v) is 18.7. The molecule has 1 saturated heterocycles. The molecule has 0 saturated carbocycles.